The molecule has 6 nitrogen and oxygen atoms in total. The van der Waals surface area contributed by atoms with Gasteiger partial charge in [-0.15, -0.1) is 0 Å². The van der Waals surface area contributed by atoms with Gasteiger partial charge in [-0.1, -0.05) is 13.8 Å². The van der Waals surface area contributed by atoms with Gasteiger partial charge in [-0.05, 0) is 31.8 Å². The molecule has 1 aliphatic rings. The van der Waals surface area contributed by atoms with E-state index in [1.54, 1.807) is 11.9 Å². The topological polar surface area (TPSA) is 78.7 Å². The first-order chi connectivity index (χ1) is 9.31. The third-order valence-electron chi connectivity index (χ3n) is 3.88. The second-order valence-corrected chi connectivity index (χ2v) is 6.18. The largest absolute Gasteiger partial charge is 0.346 e. The van der Waals surface area contributed by atoms with Crippen molar-refractivity contribution in [3.8, 4) is 0 Å². The second kappa shape index (κ2) is 7.59. The Hall–Kier alpha value is -1.14. The van der Waals surface area contributed by atoms with E-state index in [4.69, 9.17) is 5.73 Å². The van der Waals surface area contributed by atoms with E-state index < -0.39 is 6.04 Å². The van der Waals surface area contributed by atoms with Gasteiger partial charge in [0, 0.05) is 20.1 Å². The summed E-state index contributed by atoms with van der Waals surface area (Å²) in [6.45, 7) is 6.66. The van der Waals surface area contributed by atoms with E-state index in [0.29, 0.717) is 5.92 Å². The molecule has 1 unspecified atom stereocenters. The van der Waals surface area contributed by atoms with Gasteiger partial charge < -0.3 is 20.9 Å². The number of amides is 2. The Morgan fingerprint density at radius 3 is 2.60 bits per heavy atom. The van der Waals surface area contributed by atoms with Gasteiger partial charge >= 0.3 is 0 Å². The minimum absolute atomic E-state index is 0.0261. The number of hydrogen-bond acceptors (Lipinski definition) is 4. The summed E-state index contributed by atoms with van der Waals surface area (Å²) >= 11 is 0. The summed E-state index contributed by atoms with van der Waals surface area (Å²) in [7, 11) is 3.88. The third kappa shape index (κ3) is 5.09. The lowest BCUT2D eigenvalue weighted by Gasteiger charge is -2.22. The highest BCUT2D eigenvalue weighted by Gasteiger charge is 2.23. The molecule has 0 bridgehead atoms. The lowest BCUT2D eigenvalue weighted by molar-refractivity contribution is -0.132. The van der Waals surface area contributed by atoms with Crippen LogP contribution in [-0.2, 0) is 9.59 Å². The zero-order valence-corrected chi connectivity index (χ0v) is 13.1. The van der Waals surface area contributed by atoms with E-state index in [-0.39, 0.29) is 24.3 Å². The smallest absolute Gasteiger partial charge is 0.241 e. The number of carbonyl (C=O) groups is 2. The van der Waals surface area contributed by atoms with E-state index in [1.165, 1.54) is 0 Å². The van der Waals surface area contributed by atoms with Gasteiger partial charge in [0.15, 0.2) is 0 Å². The molecule has 2 amide bonds. The molecule has 0 spiro atoms. The summed E-state index contributed by atoms with van der Waals surface area (Å²) in [4.78, 5) is 27.6. The summed E-state index contributed by atoms with van der Waals surface area (Å²) in [6.07, 6.45) is 1.12. The lowest BCUT2D eigenvalue weighted by atomic mass is 10.1. The molecule has 1 aliphatic heterocycles. The number of carbonyl (C=O) groups excluding carboxylic acids is 2. The molecule has 6 heteroatoms. The first kappa shape index (κ1) is 16.9. The van der Waals surface area contributed by atoms with Crippen LogP contribution < -0.4 is 11.1 Å². The zero-order valence-electron chi connectivity index (χ0n) is 13.1. The standard InChI is InChI=1S/C14H28N4O2/c1-10(2)13(15)14(20)16-7-12(19)18(4)9-11-5-6-17(3)8-11/h10-11,13H,5-9,15H2,1-4H3,(H,16,20)/t11?,13-/m0/s1. The Morgan fingerprint density at radius 2 is 2.10 bits per heavy atom. The highest BCUT2D eigenvalue weighted by Crippen LogP contribution is 2.14. The van der Waals surface area contributed by atoms with E-state index >= 15 is 0 Å². The predicted molar refractivity (Wildman–Crippen MR) is 79.1 cm³/mol. The molecule has 0 radical (unpaired) electrons. The number of nitrogens with one attached hydrogen (secondary N) is 1. The van der Waals surface area contributed by atoms with Crippen LogP contribution in [-0.4, -0.2) is 67.9 Å². The molecule has 0 aliphatic carbocycles. The Kier molecular flexibility index (Phi) is 6.42. The van der Waals surface area contributed by atoms with E-state index in [0.717, 1.165) is 26.1 Å². The molecule has 1 rings (SSSR count). The van der Waals surface area contributed by atoms with Crippen molar-refractivity contribution in [1.29, 1.82) is 0 Å². The fraction of sp³-hybridized carbons (Fsp3) is 0.857. The van der Waals surface area contributed by atoms with Gasteiger partial charge in [-0.3, -0.25) is 9.59 Å². The van der Waals surface area contributed by atoms with Crippen molar-refractivity contribution >= 4 is 11.8 Å². The molecule has 2 atom stereocenters. The number of nitrogens with two attached hydrogens (primary N) is 1. The van der Waals surface area contributed by atoms with E-state index in [2.05, 4.69) is 17.3 Å². The summed E-state index contributed by atoms with van der Waals surface area (Å²) in [5, 5.41) is 2.61. The summed E-state index contributed by atoms with van der Waals surface area (Å²) in [6, 6.07) is -0.559. The number of likely N-dealkylation sites (N-methyl/N-ethyl adjacent to an activating group) is 1. The van der Waals surface area contributed by atoms with Crippen LogP contribution in [0.2, 0.25) is 0 Å². The van der Waals surface area contributed by atoms with Crippen LogP contribution >= 0.6 is 0 Å². The van der Waals surface area contributed by atoms with E-state index in [9.17, 15) is 9.59 Å². The quantitative estimate of drug-likeness (QED) is 0.689. The molecule has 0 aromatic rings. The van der Waals surface area contributed by atoms with Gasteiger partial charge in [-0.2, -0.15) is 0 Å². The molecule has 1 saturated heterocycles. The average Bonchev–Trinajstić information content (AvgIpc) is 2.79. The molecule has 0 aromatic heterocycles. The molecule has 116 valence electrons. The number of nitrogens with zero attached hydrogens (tertiary/aromatic N) is 2. The monoisotopic (exact) mass is 284 g/mol. The zero-order chi connectivity index (χ0) is 15.3. The lowest BCUT2D eigenvalue weighted by Crippen LogP contribution is -2.47. The van der Waals surface area contributed by atoms with Crippen LogP contribution in [0.25, 0.3) is 0 Å². The van der Waals surface area contributed by atoms with Crippen molar-refractivity contribution in [2.24, 2.45) is 17.6 Å². The van der Waals surface area contributed by atoms with Crippen LogP contribution in [0.1, 0.15) is 20.3 Å². The van der Waals surface area contributed by atoms with Gasteiger partial charge in [0.05, 0.1) is 12.6 Å². The molecule has 0 saturated carbocycles. The van der Waals surface area contributed by atoms with Crippen LogP contribution in [0, 0.1) is 11.8 Å². The predicted octanol–water partition coefficient (Wildman–Crippen LogP) is -0.504. The first-order valence-corrected chi connectivity index (χ1v) is 7.27. The molecule has 1 fully saturated rings. The van der Waals surface area contributed by atoms with Crippen LogP contribution in [0.4, 0.5) is 0 Å². The number of likely N-dealkylation sites (tertiary alicyclic amines) is 1. The Morgan fingerprint density at radius 1 is 1.45 bits per heavy atom. The van der Waals surface area contributed by atoms with Crippen LogP contribution in [0.3, 0.4) is 0 Å². The summed E-state index contributed by atoms with van der Waals surface area (Å²) in [5.74, 6) is 0.269. The van der Waals surface area contributed by atoms with Crippen LogP contribution in [0.15, 0.2) is 0 Å². The maximum absolute atomic E-state index is 12.0. The first-order valence-electron chi connectivity index (χ1n) is 7.27. The van der Waals surface area contributed by atoms with Gasteiger partial charge in [0.1, 0.15) is 0 Å². The minimum atomic E-state index is -0.559. The highest BCUT2D eigenvalue weighted by atomic mass is 16.2. The Balaban J connectivity index is 2.29. The maximum Gasteiger partial charge on any atom is 0.241 e. The molecule has 0 aromatic carbocycles. The Bertz CT molecular complexity index is 346. The SMILES string of the molecule is CC(C)[C@H](N)C(=O)NCC(=O)N(C)CC1CCN(C)C1. The molecular weight excluding hydrogens is 256 g/mol. The number of rotatable bonds is 6. The molecule has 20 heavy (non-hydrogen) atoms. The van der Waals surface area contributed by atoms with Crippen molar-refractivity contribution in [3.05, 3.63) is 0 Å². The van der Waals surface area contributed by atoms with Crippen LogP contribution in [0.5, 0.6) is 0 Å². The Labute approximate surface area is 121 Å². The molecular formula is C14H28N4O2. The van der Waals surface area contributed by atoms with Gasteiger partial charge in [-0.25, -0.2) is 0 Å². The van der Waals surface area contributed by atoms with E-state index in [1.807, 2.05) is 13.8 Å². The average molecular weight is 284 g/mol. The van der Waals surface area contributed by atoms with Crippen molar-refractivity contribution in [1.82, 2.24) is 15.1 Å². The molecule has 1 heterocycles. The second-order valence-electron chi connectivity index (χ2n) is 6.18. The number of hydrogen-bond donors (Lipinski definition) is 2. The maximum atomic E-state index is 12.0. The van der Waals surface area contributed by atoms with Crippen molar-refractivity contribution in [2.45, 2.75) is 26.3 Å². The van der Waals surface area contributed by atoms with Crippen molar-refractivity contribution < 1.29 is 9.59 Å². The summed E-state index contributed by atoms with van der Waals surface area (Å²) < 4.78 is 0. The fourth-order valence-corrected chi connectivity index (χ4v) is 2.38. The van der Waals surface area contributed by atoms with Gasteiger partial charge in [0.25, 0.3) is 0 Å². The minimum Gasteiger partial charge on any atom is -0.346 e. The van der Waals surface area contributed by atoms with Crippen molar-refractivity contribution in [3.63, 3.8) is 0 Å². The highest BCUT2D eigenvalue weighted by molar-refractivity contribution is 5.87. The van der Waals surface area contributed by atoms with Gasteiger partial charge in [0.2, 0.25) is 11.8 Å². The molecule has 3 N–H and O–H groups in total. The fourth-order valence-electron chi connectivity index (χ4n) is 2.38. The third-order valence-corrected chi connectivity index (χ3v) is 3.88. The normalized spacial score (nSPS) is 21.0. The summed E-state index contributed by atoms with van der Waals surface area (Å²) in [5.41, 5.74) is 5.73. The van der Waals surface area contributed by atoms with Crippen molar-refractivity contribution in [2.75, 3.05) is 40.3 Å².